The summed E-state index contributed by atoms with van der Waals surface area (Å²) in [7, 11) is -0.362. The van der Waals surface area contributed by atoms with Crippen molar-refractivity contribution in [1.82, 2.24) is 4.81 Å². The fourth-order valence-corrected chi connectivity index (χ4v) is 2.43. The van der Waals surface area contributed by atoms with Gasteiger partial charge in [-0.25, -0.2) is 4.39 Å². The zero-order valence-corrected chi connectivity index (χ0v) is 11.0. The Labute approximate surface area is 108 Å². The van der Waals surface area contributed by atoms with Crippen LogP contribution < -0.4 is 5.32 Å². The maximum atomic E-state index is 13.0. The smallest absolute Gasteiger partial charge is 0.376 e. The van der Waals surface area contributed by atoms with E-state index in [0.717, 1.165) is 37.2 Å². The Morgan fingerprint density at radius 3 is 2.61 bits per heavy atom. The van der Waals surface area contributed by atoms with Crippen LogP contribution in [-0.4, -0.2) is 36.0 Å². The average Bonchev–Trinajstić information content (AvgIpc) is 2.33. The van der Waals surface area contributed by atoms with E-state index in [1.54, 1.807) is 19.0 Å². The lowest BCUT2D eigenvalue weighted by Crippen LogP contribution is -2.45. The molecule has 1 fully saturated rings. The lowest BCUT2D eigenvalue weighted by molar-refractivity contribution is 0.298. The molecule has 0 atom stereocenters. The monoisotopic (exact) mass is 250 g/mol. The van der Waals surface area contributed by atoms with Gasteiger partial charge in [-0.2, -0.15) is 0 Å². The molecule has 0 spiro atoms. The second-order valence-electron chi connectivity index (χ2n) is 5.05. The van der Waals surface area contributed by atoms with Gasteiger partial charge in [0.25, 0.3) is 0 Å². The van der Waals surface area contributed by atoms with E-state index >= 15 is 0 Å². The van der Waals surface area contributed by atoms with Gasteiger partial charge in [0.1, 0.15) is 5.82 Å². The van der Waals surface area contributed by atoms with Crippen LogP contribution in [0.2, 0.25) is 6.82 Å². The minimum Gasteiger partial charge on any atom is -0.437 e. The molecular weight excluding hydrogens is 230 g/mol. The minimum atomic E-state index is -0.362. The number of hydrogen-bond acceptors (Lipinski definition) is 3. The SMILES string of the molecule is CB(O)N1CCC(Nc2ccc(F)cc2C)CC1. The Bertz CT molecular complexity index is 406. The molecule has 3 nitrogen and oxygen atoms in total. The van der Waals surface area contributed by atoms with Crippen LogP contribution in [0.25, 0.3) is 0 Å². The van der Waals surface area contributed by atoms with Crippen molar-refractivity contribution >= 4 is 12.7 Å². The fourth-order valence-electron chi connectivity index (χ4n) is 2.43. The van der Waals surface area contributed by atoms with Crippen LogP contribution in [0, 0.1) is 12.7 Å². The summed E-state index contributed by atoms with van der Waals surface area (Å²) < 4.78 is 13.0. The van der Waals surface area contributed by atoms with Gasteiger partial charge >= 0.3 is 7.05 Å². The van der Waals surface area contributed by atoms with E-state index in [1.807, 2.05) is 6.92 Å². The highest BCUT2D eigenvalue weighted by atomic mass is 19.1. The topological polar surface area (TPSA) is 35.5 Å². The van der Waals surface area contributed by atoms with Crippen molar-refractivity contribution in [3.8, 4) is 0 Å². The van der Waals surface area contributed by atoms with Crippen LogP contribution in [0.4, 0.5) is 10.1 Å². The Hall–Kier alpha value is -1.07. The third-order valence-corrected chi connectivity index (χ3v) is 3.61. The summed E-state index contributed by atoms with van der Waals surface area (Å²) >= 11 is 0. The molecule has 0 aliphatic carbocycles. The highest BCUT2D eigenvalue weighted by molar-refractivity contribution is 6.45. The Morgan fingerprint density at radius 1 is 1.39 bits per heavy atom. The number of nitrogens with zero attached hydrogens (tertiary/aromatic N) is 1. The van der Waals surface area contributed by atoms with Gasteiger partial charge in [0.2, 0.25) is 0 Å². The largest absolute Gasteiger partial charge is 0.437 e. The van der Waals surface area contributed by atoms with Gasteiger partial charge in [-0.05, 0) is 63.4 Å². The second kappa shape index (κ2) is 5.72. The number of hydrogen-bond donors (Lipinski definition) is 2. The molecule has 2 rings (SSSR count). The number of aryl methyl sites for hydroxylation is 1. The van der Waals surface area contributed by atoms with Crippen LogP contribution in [0.5, 0.6) is 0 Å². The summed E-state index contributed by atoms with van der Waals surface area (Å²) in [6.45, 7) is 5.51. The van der Waals surface area contributed by atoms with Gasteiger partial charge in [-0.3, -0.25) is 0 Å². The molecule has 1 saturated heterocycles. The molecule has 1 heterocycles. The number of nitrogens with one attached hydrogen (secondary N) is 1. The summed E-state index contributed by atoms with van der Waals surface area (Å²) in [5, 5.41) is 13.0. The number of piperidine rings is 1. The van der Waals surface area contributed by atoms with Crippen LogP contribution in [0.3, 0.4) is 0 Å². The first kappa shape index (κ1) is 13.4. The van der Waals surface area contributed by atoms with Crippen LogP contribution in [0.1, 0.15) is 18.4 Å². The molecule has 0 unspecified atom stereocenters. The second-order valence-corrected chi connectivity index (χ2v) is 5.05. The van der Waals surface area contributed by atoms with E-state index in [0.29, 0.717) is 6.04 Å². The summed E-state index contributed by atoms with van der Waals surface area (Å²) in [5.74, 6) is -0.193. The highest BCUT2D eigenvalue weighted by Crippen LogP contribution is 2.20. The molecule has 1 aliphatic rings. The highest BCUT2D eigenvalue weighted by Gasteiger charge is 2.23. The van der Waals surface area contributed by atoms with Crippen LogP contribution in [-0.2, 0) is 0 Å². The molecule has 5 heteroatoms. The molecule has 0 radical (unpaired) electrons. The zero-order valence-electron chi connectivity index (χ0n) is 11.0. The third kappa shape index (κ3) is 3.24. The molecule has 1 aromatic rings. The van der Waals surface area contributed by atoms with Crippen molar-refractivity contribution in [3.05, 3.63) is 29.6 Å². The molecule has 0 saturated carbocycles. The lowest BCUT2D eigenvalue weighted by atomic mass is 9.82. The molecule has 2 N–H and O–H groups in total. The number of benzene rings is 1. The maximum absolute atomic E-state index is 13.0. The summed E-state index contributed by atoms with van der Waals surface area (Å²) in [5.41, 5.74) is 1.94. The van der Waals surface area contributed by atoms with E-state index in [2.05, 4.69) is 10.1 Å². The van der Waals surface area contributed by atoms with Crippen LogP contribution >= 0.6 is 0 Å². The molecular formula is C13H20BFN2O. The van der Waals surface area contributed by atoms with Crippen LogP contribution in [0.15, 0.2) is 18.2 Å². The first-order valence-corrected chi connectivity index (χ1v) is 6.51. The normalized spacial score (nSPS) is 17.8. The van der Waals surface area contributed by atoms with E-state index < -0.39 is 0 Å². The van der Waals surface area contributed by atoms with E-state index in [4.69, 9.17) is 0 Å². The molecule has 0 bridgehead atoms. The summed E-state index contributed by atoms with van der Waals surface area (Å²) in [6, 6.07) is 5.24. The number of anilines is 1. The summed E-state index contributed by atoms with van der Waals surface area (Å²) in [4.78, 5) is 2.07. The molecule has 0 amide bonds. The fraction of sp³-hybridized carbons (Fsp3) is 0.538. The average molecular weight is 250 g/mol. The third-order valence-electron chi connectivity index (χ3n) is 3.61. The van der Waals surface area contributed by atoms with E-state index in [-0.39, 0.29) is 12.9 Å². The first-order valence-electron chi connectivity index (χ1n) is 6.51. The van der Waals surface area contributed by atoms with Gasteiger partial charge in [0, 0.05) is 11.7 Å². The van der Waals surface area contributed by atoms with E-state index in [9.17, 15) is 9.41 Å². The number of rotatable bonds is 3. The molecule has 1 aliphatic heterocycles. The summed E-state index contributed by atoms with van der Waals surface area (Å²) in [6.07, 6.45) is 2.00. The van der Waals surface area contributed by atoms with Gasteiger partial charge < -0.3 is 15.2 Å². The van der Waals surface area contributed by atoms with Crippen molar-refractivity contribution in [1.29, 1.82) is 0 Å². The number of halogens is 1. The Balaban J connectivity index is 1.91. The van der Waals surface area contributed by atoms with Crippen molar-refractivity contribution in [2.45, 2.75) is 32.6 Å². The predicted molar refractivity (Wildman–Crippen MR) is 73.2 cm³/mol. The van der Waals surface area contributed by atoms with E-state index in [1.165, 1.54) is 6.07 Å². The predicted octanol–water partition coefficient (Wildman–Crippen LogP) is 2.12. The molecule has 98 valence electrons. The van der Waals surface area contributed by atoms with Crippen molar-refractivity contribution in [3.63, 3.8) is 0 Å². The Kier molecular flexibility index (Phi) is 4.25. The van der Waals surface area contributed by atoms with Crippen molar-refractivity contribution in [2.24, 2.45) is 0 Å². The zero-order chi connectivity index (χ0) is 13.1. The minimum absolute atomic E-state index is 0.193. The molecule has 1 aromatic carbocycles. The van der Waals surface area contributed by atoms with Gasteiger partial charge in [0.15, 0.2) is 0 Å². The first-order chi connectivity index (χ1) is 8.56. The molecule has 0 aromatic heterocycles. The molecule has 18 heavy (non-hydrogen) atoms. The lowest BCUT2D eigenvalue weighted by Gasteiger charge is -2.33. The van der Waals surface area contributed by atoms with Gasteiger partial charge in [0.05, 0.1) is 0 Å². The Morgan fingerprint density at radius 2 is 2.06 bits per heavy atom. The van der Waals surface area contributed by atoms with Crippen molar-refractivity contribution in [2.75, 3.05) is 18.4 Å². The standard InChI is InChI=1S/C13H20BFN2O/c1-10-9-11(15)3-4-13(10)16-12-5-7-17(8-6-12)14(2)18/h3-4,9,12,16,18H,5-8H2,1-2H3. The van der Waals surface area contributed by atoms with Gasteiger partial charge in [-0.1, -0.05) is 0 Å². The van der Waals surface area contributed by atoms with Gasteiger partial charge in [-0.15, -0.1) is 0 Å². The maximum Gasteiger partial charge on any atom is 0.376 e. The quantitative estimate of drug-likeness (QED) is 0.806. The van der Waals surface area contributed by atoms with Crippen molar-refractivity contribution < 1.29 is 9.41 Å².